The summed E-state index contributed by atoms with van der Waals surface area (Å²) in [5.74, 6) is 0.0261. The summed E-state index contributed by atoms with van der Waals surface area (Å²) < 4.78 is 0. The summed E-state index contributed by atoms with van der Waals surface area (Å²) >= 11 is 5.86. The quantitative estimate of drug-likeness (QED) is 0.864. The van der Waals surface area contributed by atoms with E-state index in [1.54, 1.807) is 12.1 Å². The van der Waals surface area contributed by atoms with Crippen LogP contribution in [0.4, 0.5) is 5.69 Å². The Morgan fingerprint density at radius 2 is 1.84 bits per heavy atom. The summed E-state index contributed by atoms with van der Waals surface area (Å²) in [4.78, 5) is 11.8. The van der Waals surface area contributed by atoms with Crippen LogP contribution in [0.5, 0.6) is 0 Å². The van der Waals surface area contributed by atoms with E-state index in [-0.39, 0.29) is 5.91 Å². The number of carbonyl (C=O) groups excluding carboxylic acids is 1. The van der Waals surface area contributed by atoms with Crippen LogP contribution in [0.25, 0.3) is 0 Å². The smallest absolute Gasteiger partial charge is 0.224 e. The molecule has 2 aromatic carbocycles. The molecule has 0 radical (unpaired) electrons. The second-order valence-electron chi connectivity index (χ2n) is 4.40. The van der Waals surface area contributed by atoms with Gasteiger partial charge in [0.2, 0.25) is 5.91 Å². The minimum Gasteiger partial charge on any atom is -0.326 e. The molecule has 0 bridgehead atoms. The molecule has 0 atom stereocenters. The lowest BCUT2D eigenvalue weighted by Crippen LogP contribution is -2.11. The number of carbonyl (C=O) groups is 1. The lowest BCUT2D eigenvalue weighted by molar-refractivity contribution is -0.116. The van der Waals surface area contributed by atoms with Gasteiger partial charge in [0.05, 0.1) is 0 Å². The van der Waals surface area contributed by atoms with Gasteiger partial charge in [0, 0.05) is 17.1 Å². The van der Waals surface area contributed by atoms with Gasteiger partial charge < -0.3 is 5.32 Å². The van der Waals surface area contributed by atoms with Crippen LogP contribution in [0.2, 0.25) is 5.02 Å². The minimum atomic E-state index is 0.0261. The van der Waals surface area contributed by atoms with E-state index in [0.29, 0.717) is 11.4 Å². The molecular weight excluding hydrogens is 258 g/mol. The number of aryl methyl sites for hydroxylation is 1. The third-order valence-electron chi connectivity index (χ3n) is 2.82. The molecule has 1 amide bonds. The first-order valence-electron chi connectivity index (χ1n) is 6.33. The molecule has 0 aliphatic carbocycles. The number of hydrogen-bond donors (Lipinski definition) is 1. The first-order valence-corrected chi connectivity index (χ1v) is 6.71. The molecular formula is C16H16ClNO. The maximum atomic E-state index is 11.8. The van der Waals surface area contributed by atoms with Gasteiger partial charge in [-0.15, -0.1) is 0 Å². The van der Waals surface area contributed by atoms with Gasteiger partial charge in [-0.2, -0.15) is 0 Å². The zero-order valence-electron chi connectivity index (χ0n) is 10.6. The van der Waals surface area contributed by atoms with Crippen molar-refractivity contribution in [2.45, 2.75) is 19.3 Å². The SMILES string of the molecule is O=C(CCCc1ccccc1)Nc1cccc(Cl)c1. The summed E-state index contributed by atoms with van der Waals surface area (Å²) in [6.07, 6.45) is 2.28. The summed E-state index contributed by atoms with van der Waals surface area (Å²) in [6, 6.07) is 17.4. The first kappa shape index (κ1) is 13.6. The van der Waals surface area contributed by atoms with Crippen LogP contribution in [0.1, 0.15) is 18.4 Å². The second-order valence-corrected chi connectivity index (χ2v) is 4.83. The van der Waals surface area contributed by atoms with Gasteiger partial charge in [-0.05, 0) is 36.6 Å². The molecule has 2 nitrogen and oxygen atoms in total. The average molecular weight is 274 g/mol. The zero-order valence-corrected chi connectivity index (χ0v) is 11.4. The van der Waals surface area contributed by atoms with Crippen LogP contribution in [-0.2, 0) is 11.2 Å². The van der Waals surface area contributed by atoms with Crippen LogP contribution in [-0.4, -0.2) is 5.91 Å². The van der Waals surface area contributed by atoms with E-state index >= 15 is 0 Å². The fourth-order valence-corrected chi connectivity index (χ4v) is 2.08. The topological polar surface area (TPSA) is 29.1 Å². The highest BCUT2D eigenvalue weighted by Gasteiger charge is 2.03. The normalized spacial score (nSPS) is 10.2. The fraction of sp³-hybridized carbons (Fsp3) is 0.188. The molecule has 0 unspecified atom stereocenters. The predicted octanol–water partition coefficient (Wildman–Crippen LogP) is 4.30. The molecule has 2 aromatic rings. The van der Waals surface area contributed by atoms with Gasteiger partial charge in [-0.1, -0.05) is 48.0 Å². The first-order chi connectivity index (χ1) is 9.24. The van der Waals surface area contributed by atoms with Gasteiger partial charge in [0.1, 0.15) is 0 Å². The number of benzene rings is 2. The Hall–Kier alpha value is -1.80. The molecule has 0 aliphatic rings. The maximum Gasteiger partial charge on any atom is 0.224 e. The summed E-state index contributed by atoms with van der Waals surface area (Å²) in [6.45, 7) is 0. The maximum absolute atomic E-state index is 11.8. The van der Waals surface area contributed by atoms with E-state index in [1.165, 1.54) is 5.56 Å². The molecule has 19 heavy (non-hydrogen) atoms. The number of hydrogen-bond acceptors (Lipinski definition) is 1. The van der Waals surface area contributed by atoms with Gasteiger partial charge in [0.25, 0.3) is 0 Å². The molecule has 1 N–H and O–H groups in total. The van der Waals surface area contributed by atoms with Crippen molar-refractivity contribution < 1.29 is 4.79 Å². The molecule has 0 saturated heterocycles. The molecule has 0 fully saturated rings. The highest BCUT2D eigenvalue weighted by Crippen LogP contribution is 2.15. The standard InChI is InChI=1S/C16H16ClNO/c17-14-9-5-10-15(12-14)18-16(19)11-4-8-13-6-2-1-3-7-13/h1-3,5-7,9-10,12H,4,8,11H2,(H,18,19). The van der Waals surface area contributed by atoms with Crippen LogP contribution >= 0.6 is 11.6 Å². The summed E-state index contributed by atoms with van der Waals surface area (Å²) in [5, 5.41) is 3.47. The fourth-order valence-electron chi connectivity index (χ4n) is 1.89. The minimum absolute atomic E-state index is 0.0261. The van der Waals surface area contributed by atoms with E-state index < -0.39 is 0 Å². The van der Waals surface area contributed by atoms with Crippen molar-refractivity contribution in [3.05, 3.63) is 65.2 Å². The Labute approximate surface area is 118 Å². The monoisotopic (exact) mass is 273 g/mol. The van der Waals surface area contributed by atoms with E-state index in [4.69, 9.17) is 11.6 Å². The van der Waals surface area contributed by atoms with E-state index in [1.807, 2.05) is 30.3 Å². The van der Waals surface area contributed by atoms with E-state index in [2.05, 4.69) is 17.4 Å². The van der Waals surface area contributed by atoms with Crippen LogP contribution < -0.4 is 5.32 Å². The molecule has 2 rings (SSSR count). The number of nitrogens with one attached hydrogen (secondary N) is 1. The highest BCUT2D eigenvalue weighted by molar-refractivity contribution is 6.30. The number of anilines is 1. The third kappa shape index (κ3) is 4.76. The molecule has 0 spiro atoms. The lowest BCUT2D eigenvalue weighted by atomic mass is 10.1. The number of rotatable bonds is 5. The molecule has 0 saturated carbocycles. The van der Waals surface area contributed by atoms with Crippen molar-refractivity contribution in [3.63, 3.8) is 0 Å². The van der Waals surface area contributed by atoms with Crippen molar-refractivity contribution in [2.24, 2.45) is 0 Å². The van der Waals surface area contributed by atoms with Crippen LogP contribution in [0.15, 0.2) is 54.6 Å². The van der Waals surface area contributed by atoms with Crippen molar-refractivity contribution in [1.29, 1.82) is 0 Å². The highest BCUT2D eigenvalue weighted by atomic mass is 35.5. The largest absolute Gasteiger partial charge is 0.326 e. The average Bonchev–Trinajstić information content (AvgIpc) is 2.40. The molecule has 98 valence electrons. The molecule has 0 aliphatic heterocycles. The van der Waals surface area contributed by atoms with Crippen molar-refractivity contribution in [3.8, 4) is 0 Å². The predicted molar refractivity (Wildman–Crippen MR) is 79.5 cm³/mol. The lowest BCUT2D eigenvalue weighted by Gasteiger charge is -2.05. The molecule has 3 heteroatoms. The Kier molecular flexibility index (Phi) is 4.99. The van der Waals surface area contributed by atoms with Crippen LogP contribution in [0, 0.1) is 0 Å². The Balaban J connectivity index is 1.76. The van der Waals surface area contributed by atoms with Crippen molar-refractivity contribution >= 4 is 23.2 Å². The van der Waals surface area contributed by atoms with Gasteiger partial charge in [-0.25, -0.2) is 0 Å². The number of amides is 1. The van der Waals surface area contributed by atoms with Crippen LogP contribution in [0.3, 0.4) is 0 Å². The van der Waals surface area contributed by atoms with Gasteiger partial charge >= 0.3 is 0 Å². The van der Waals surface area contributed by atoms with Gasteiger partial charge in [-0.3, -0.25) is 4.79 Å². The van der Waals surface area contributed by atoms with E-state index in [9.17, 15) is 4.79 Å². The second kappa shape index (κ2) is 6.95. The zero-order chi connectivity index (χ0) is 13.5. The number of halogens is 1. The summed E-state index contributed by atoms with van der Waals surface area (Å²) in [5.41, 5.74) is 2.01. The Bertz CT molecular complexity index is 539. The molecule has 0 aromatic heterocycles. The van der Waals surface area contributed by atoms with E-state index in [0.717, 1.165) is 18.5 Å². The van der Waals surface area contributed by atoms with Crippen molar-refractivity contribution in [2.75, 3.05) is 5.32 Å². The third-order valence-corrected chi connectivity index (χ3v) is 3.06. The Morgan fingerprint density at radius 3 is 2.58 bits per heavy atom. The Morgan fingerprint density at radius 1 is 1.05 bits per heavy atom. The molecule has 0 heterocycles. The van der Waals surface area contributed by atoms with Crippen molar-refractivity contribution in [1.82, 2.24) is 0 Å². The van der Waals surface area contributed by atoms with Gasteiger partial charge in [0.15, 0.2) is 0 Å². The summed E-state index contributed by atoms with van der Waals surface area (Å²) in [7, 11) is 0.